The maximum Gasteiger partial charge on any atom is 0.147 e. The highest BCUT2D eigenvalue weighted by molar-refractivity contribution is 7.10. The molecule has 1 atom stereocenters. The van der Waals surface area contributed by atoms with Crippen molar-refractivity contribution < 1.29 is 9.84 Å². The second-order valence-electron chi connectivity index (χ2n) is 6.82. The predicted octanol–water partition coefficient (Wildman–Crippen LogP) is 5.83. The van der Waals surface area contributed by atoms with Gasteiger partial charge in [0.25, 0.3) is 0 Å². The molecule has 0 aliphatic carbocycles. The van der Waals surface area contributed by atoms with Crippen LogP contribution in [0.4, 0.5) is 5.69 Å². The third-order valence-electron chi connectivity index (χ3n) is 4.80. The average molecular weight is 391 g/mol. The van der Waals surface area contributed by atoms with Gasteiger partial charge in [-0.1, -0.05) is 30.3 Å². The van der Waals surface area contributed by atoms with Gasteiger partial charge in [-0.25, -0.2) is 4.98 Å². The summed E-state index contributed by atoms with van der Waals surface area (Å²) in [7, 11) is 1.66. The van der Waals surface area contributed by atoms with Gasteiger partial charge in [-0.05, 0) is 49.1 Å². The number of phenols is 1. The second kappa shape index (κ2) is 7.52. The number of phenolic OH excluding ortho intramolecular Hbond substituents is 1. The number of nitrogens with one attached hydrogen (secondary N) is 1. The lowest BCUT2D eigenvalue weighted by molar-refractivity contribution is 0.416. The number of methoxy groups -OCH3 is 1. The molecule has 142 valence electrons. The molecule has 0 bridgehead atoms. The maximum atomic E-state index is 11.1. The van der Waals surface area contributed by atoms with Crippen LogP contribution in [-0.2, 0) is 0 Å². The molecule has 5 heteroatoms. The number of anilines is 1. The van der Waals surface area contributed by atoms with E-state index in [1.165, 1.54) is 0 Å². The minimum atomic E-state index is -0.220. The highest BCUT2D eigenvalue weighted by Gasteiger charge is 2.22. The van der Waals surface area contributed by atoms with Gasteiger partial charge in [-0.2, -0.15) is 0 Å². The summed E-state index contributed by atoms with van der Waals surface area (Å²) in [6.07, 6.45) is 0. The van der Waals surface area contributed by atoms with Gasteiger partial charge in [0.1, 0.15) is 17.0 Å². The molecule has 4 rings (SSSR count). The summed E-state index contributed by atoms with van der Waals surface area (Å²) < 4.78 is 5.54. The van der Waals surface area contributed by atoms with E-state index in [0.29, 0.717) is 5.52 Å². The molecule has 0 fully saturated rings. The molecule has 2 aromatic heterocycles. The SMILES string of the molecule is COc1ccc(C)cc1NC(c1cccs1)c1ccc2ccc(C)nc2c1O. The van der Waals surface area contributed by atoms with E-state index in [-0.39, 0.29) is 11.8 Å². The van der Waals surface area contributed by atoms with Crippen LogP contribution >= 0.6 is 11.3 Å². The van der Waals surface area contributed by atoms with E-state index in [2.05, 4.69) is 22.4 Å². The average Bonchev–Trinajstić information content (AvgIpc) is 3.22. The predicted molar refractivity (Wildman–Crippen MR) is 116 cm³/mol. The number of aryl methyl sites for hydroxylation is 2. The van der Waals surface area contributed by atoms with Crippen molar-refractivity contribution in [3.05, 3.63) is 81.7 Å². The van der Waals surface area contributed by atoms with Crippen molar-refractivity contribution in [2.75, 3.05) is 12.4 Å². The Hall–Kier alpha value is -3.05. The normalized spacial score (nSPS) is 12.1. The molecule has 28 heavy (non-hydrogen) atoms. The number of hydrogen-bond donors (Lipinski definition) is 2. The topological polar surface area (TPSA) is 54.4 Å². The first kappa shape index (κ1) is 18.3. The molecule has 0 amide bonds. The summed E-state index contributed by atoms with van der Waals surface area (Å²) in [6, 6.07) is 17.8. The molecular weight excluding hydrogens is 368 g/mol. The summed E-state index contributed by atoms with van der Waals surface area (Å²) in [5.74, 6) is 0.972. The van der Waals surface area contributed by atoms with Crippen molar-refractivity contribution in [2.45, 2.75) is 19.9 Å². The van der Waals surface area contributed by atoms with Crippen LogP contribution < -0.4 is 10.1 Å². The fourth-order valence-corrected chi connectivity index (χ4v) is 4.16. The highest BCUT2D eigenvalue weighted by Crippen LogP contribution is 2.39. The lowest BCUT2D eigenvalue weighted by atomic mass is 10.0. The third kappa shape index (κ3) is 3.41. The molecule has 0 spiro atoms. The molecule has 2 N–H and O–H groups in total. The third-order valence-corrected chi connectivity index (χ3v) is 5.74. The Kier molecular flexibility index (Phi) is 4.92. The number of pyridine rings is 1. The minimum Gasteiger partial charge on any atom is -0.505 e. The van der Waals surface area contributed by atoms with E-state index in [4.69, 9.17) is 4.74 Å². The van der Waals surface area contributed by atoms with Crippen molar-refractivity contribution >= 4 is 27.9 Å². The van der Waals surface area contributed by atoms with Crippen molar-refractivity contribution in [3.63, 3.8) is 0 Å². The molecule has 1 unspecified atom stereocenters. The fourth-order valence-electron chi connectivity index (χ4n) is 3.37. The first-order valence-corrected chi connectivity index (χ1v) is 9.98. The van der Waals surface area contributed by atoms with E-state index < -0.39 is 0 Å². The van der Waals surface area contributed by atoms with E-state index in [9.17, 15) is 5.11 Å². The molecule has 2 heterocycles. The summed E-state index contributed by atoms with van der Waals surface area (Å²) in [5.41, 5.74) is 4.31. The molecule has 2 aromatic carbocycles. The monoisotopic (exact) mass is 390 g/mol. The van der Waals surface area contributed by atoms with Crippen LogP contribution in [0.25, 0.3) is 10.9 Å². The number of aromatic nitrogens is 1. The number of nitrogens with zero attached hydrogens (tertiary/aromatic N) is 1. The van der Waals surface area contributed by atoms with Gasteiger partial charge in [0.05, 0.1) is 18.8 Å². The number of fused-ring (bicyclic) bond motifs is 1. The molecule has 0 saturated heterocycles. The number of thiophene rings is 1. The second-order valence-corrected chi connectivity index (χ2v) is 7.80. The van der Waals surface area contributed by atoms with Crippen LogP contribution in [0.15, 0.2) is 60.0 Å². The first-order chi connectivity index (χ1) is 13.6. The van der Waals surface area contributed by atoms with Gasteiger partial charge in [0, 0.05) is 21.5 Å². The zero-order valence-corrected chi connectivity index (χ0v) is 16.9. The van der Waals surface area contributed by atoms with Crippen molar-refractivity contribution in [3.8, 4) is 11.5 Å². The van der Waals surface area contributed by atoms with E-state index >= 15 is 0 Å². The van der Waals surface area contributed by atoms with Gasteiger partial charge in [-0.3, -0.25) is 0 Å². The maximum absolute atomic E-state index is 11.1. The van der Waals surface area contributed by atoms with Gasteiger partial charge >= 0.3 is 0 Å². The quantitative estimate of drug-likeness (QED) is 0.450. The number of hydrogen-bond acceptors (Lipinski definition) is 5. The Morgan fingerprint density at radius 1 is 1.07 bits per heavy atom. The van der Waals surface area contributed by atoms with Gasteiger partial charge < -0.3 is 15.2 Å². The fraction of sp³-hybridized carbons (Fsp3) is 0.174. The summed E-state index contributed by atoms with van der Waals surface area (Å²) in [4.78, 5) is 5.66. The molecule has 0 radical (unpaired) electrons. The smallest absolute Gasteiger partial charge is 0.147 e. The molecule has 0 saturated carbocycles. The number of aromatic hydroxyl groups is 1. The molecule has 4 aromatic rings. The Bertz CT molecular complexity index is 1120. The van der Waals surface area contributed by atoms with Crippen LogP contribution in [0.2, 0.25) is 0 Å². The molecule has 0 aliphatic rings. The van der Waals surface area contributed by atoms with Gasteiger partial charge in [0.2, 0.25) is 0 Å². The van der Waals surface area contributed by atoms with Crippen molar-refractivity contribution in [2.24, 2.45) is 0 Å². The van der Waals surface area contributed by atoms with Crippen LogP contribution in [0, 0.1) is 13.8 Å². The number of rotatable bonds is 5. The zero-order valence-electron chi connectivity index (χ0n) is 16.1. The Labute approximate surface area is 168 Å². The van der Waals surface area contributed by atoms with Crippen LogP contribution in [0.1, 0.15) is 27.7 Å². The van der Waals surface area contributed by atoms with E-state index in [1.54, 1.807) is 18.4 Å². The molecule has 4 nitrogen and oxygen atoms in total. The highest BCUT2D eigenvalue weighted by atomic mass is 32.1. The standard InChI is InChI=1S/C23H22N2O2S/c1-14-6-11-19(27-3)18(13-14)25-22(20-5-4-12-28-20)17-10-9-16-8-7-15(2)24-21(16)23(17)26/h4-13,22,25-26H,1-3H3. The summed E-state index contributed by atoms with van der Waals surface area (Å²) in [5, 5.41) is 17.6. The van der Waals surface area contributed by atoms with Crippen LogP contribution in [0.5, 0.6) is 11.5 Å². The number of ether oxygens (including phenoxy) is 1. The molecule has 0 aliphatic heterocycles. The van der Waals surface area contributed by atoms with Gasteiger partial charge in [0.15, 0.2) is 0 Å². The van der Waals surface area contributed by atoms with Crippen LogP contribution in [0.3, 0.4) is 0 Å². The number of benzene rings is 2. The Morgan fingerprint density at radius 3 is 2.64 bits per heavy atom. The summed E-state index contributed by atoms with van der Waals surface area (Å²) in [6.45, 7) is 3.98. The van der Waals surface area contributed by atoms with E-state index in [0.717, 1.165) is 38.5 Å². The van der Waals surface area contributed by atoms with Crippen molar-refractivity contribution in [1.82, 2.24) is 4.98 Å². The first-order valence-electron chi connectivity index (χ1n) is 9.10. The lowest BCUT2D eigenvalue weighted by Crippen LogP contribution is -2.12. The Balaban J connectivity index is 1.86. The lowest BCUT2D eigenvalue weighted by Gasteiger charge is -2.22. The minimum absolute atomic E-state index is 0.207. The Morgan fingerprint density at radius 2 is 1.89 bits per heavy atom. The molecular formula is C23H22N2O2S. The van der Waals surface area contributed by atoms with Crippen LogP contribution in [-0.4, -0.2) is 17.2 Å². The van der Waals surface area contributed by atoms with Gasteiger partial charge in [-0.15, -0.1) is 11.3 Å². The summed E-state index contributed by atoms with van der Waals surface area (Å²) >= 11 is 1.65. The largest absolute Gasteiger partial charge is 0.505 e. The van der Waals surface area contributed by atoms with E-state index in [1.807, 2.05) is 61.7 Å². The zero-order chi connectivity index (χ0) is 19.7. The van der Waals surface area contributed by atoms with Crippen molar-refractivity contribution in [1.29, 1.82) is 0 Å².